The maximum atomic E-state index is 12.0. The lowest BCUT2D eigenvalue weighted by atomic mass is 9.89. The lowest BCUT2D eigenvalue weighted by Gasteiger charge is -2.32. The number of rotatable bonds is 4. The zero-order valence-electron chi connectivity index (χ0n) is 12.6. The first kappa shape index (κ1) is 16.5. The van der Waals surface area contributed by atoms with E-state index >= 15 is 0 Å². The van der Waals surface area contributed by atoms with Gasteiger partial charge in [-0.25, -0.2) is 0 Å². The summed E-state index contributed by atoms with van der Waals surface area (Å²) in [6, 6.07) is 0. The molecule has 0 N–H and O–H groups in total. The summed E-state index contributed by atoms with van der Waals surface area (Å²) in [5, 5.41) is 0. The largest absolute Gasteiger partial charge is 0.459 e. The Hall–Kier alpha value is -0.530. The monoisotopic (exact) mass is 242 g/mol. The van der Waals surface area contributed by atoms with Gasteiger partial charge < -0.3 is 4.74 Å². The maximum Gasteiger partial charge on any atom is 0.312 e. The molecule has 0 saturated heterocycles. The molecule has 0 aromatic heterocycles. The van der Waals surface area contributed by atoms with E-state index in [9.17, 15) is 4.79 Å². The topological polar surface area (TPSA) is 26.3 Å². The van der Waals surface area contributed by atoms with E-state index in [2.05, 4.69) is 6.92 Å². The van der Waals surface area contributed by atoms with E-state index < -0.39 is 0 Å². The van der Waals surface area contributed by atoms with Crippen LogP contribution >= 0.6 is 0 Å². The first-order chi connectivity index (χ1) is 7.96. The van der Waals surface area contributed by atoms with Crippen molar-refractivity contribution in [2.24, 2.45) is 5.41 Å². The van der Waals surface area contributed by atoms with Gasteiger partial charge in [0, 0.05) is 0 Å². The van der Waals surface area contributed by atoms with Crippen molar-refractivity contribution in [1.82, 2.24) is 0 Å². The minimum absolute atomic E-state index is 0.0197. The number of ether oxygens (including phenoxy) is 1. The third-order valence-electron chi connectivity index (χ3n) is 3.90. The van der Waals surface area contributed by atoms with Crippen molar-refractivity contribution >= 4 is 5.97 Å². The standard InChI is InChI=1S/C13H24O2.C2H6/c1-5-12(3,4)11(14)15-13(6-2)9-7-8-10-13;1-2/h5-10H2,1-4H3;1-2H3. The Balaban J connectivity index is 0.00000121. The fourth-order valence-corrected chi connectivity index (χ4v) is 2.03. The Morgan fingerprint density at radius 2 is 1.65 bits per heavy atom. The summed E-state index contributed by atoms with van der Waals surface area (Å²) in [7, 11) is 0. The van der Waals surface area contributed by atoms with E-state index in [1.807, 2.05) is 34.6 Å². The third kappa shape index (κ3) is 4.33. The van der Waals surface area contributed by atoms with Crippen LogP contribution in [0.5, 0.6) is 0 Å². The summed E-state index contributed by atoms with van der Waals surface area (Å²) in [6.45, 7) is 12.1. The van der Waals surface area contributed by atoms with Crippen LogP contribution in [-0.4, -0.2) is 11.6 Å². The van der Waals surface area contributed by atoms with Crippen molar-refractivity contribution in [3.05, 3.63) is 0 Å². The average molecular weight is 242 g/mol. The van der Waals surface area contributed by atoms with Gasteiger partial charge >= 0.3 is 5.97 Å². The molecule has 2 heteroatoms. The van der Waals surface area contributed by atoms with Gasteiger partial charge in [0.2, 0.25) is 0 Å². The van der Waals surface area contributed by atoms with Crippen LogP contribution in [0.25, 0.3) is 0 Å². The van der Waals surface area contributed by atoms with Crippen LogP contribution in [0.3, 0.4) is 0 Å². The van der Waals surface area contributed by atoms with Gasteiger partial charge in [0.25, 0.3) is 0 Å². The van der Waals surface area contributed by atoms with Gasteiger partial charge in [-0.2, -0.15) is 0 Å². The van der Waals surface area contributed by atoms with Crippen molar-refractivity contribution in [2.75, 3.05) is 0 Å². The van der Waals surface area contributed by atoms with Crippen LogP contribution in [0.15, 0.2) is 0 Å². The van der Waals surface area contributed by atoms with Crippen molar-refractivity contribution in [1.29, 1.82) is 0 Å². The molecule has 1 aliphatic rings. The summed E-state index contributed by atoms with van der Waals surface area (Å²) in [4.78, 5) is 12.0. The summed E-state index contributed by atoms with van der Waals surface area (Å²) in [6.07, 6.45) is 6.30. The molecule has 0 unspecified atom stereocenters. The Morgan fingerprint density at radius 1 is 1.18 bits per heavy atom. The quantitative estimate of drug-likeness (QED) is 0.667. The molecular weight excluding hydrogens is 212 g/mol. The molecule has 1 rings (SSSR count). The van der Waals surface area contributed by atoms with Crippen LogP contribution in [0.1, 0.15) is 80.1 Å². The molecule has 1 saturated carbocycles. The SMILES string of the molecule is CC.CCC1(OC(=O)C(C)(C)CC)CCCC1. The van der Waals surface area contributed by atoms with E-state index in [-0.39, 0.29) is 17.0 Å². The Kier molecular flexibility index (Phi) is 6.81. The van der Waals surface area contributed by atoms with Crippen LogP contribution in [0.4, 0.5) is 0 Å². The fraction of sp³-hybridized carbons (Fsp3) is 0.933. The highest BCUT2D eigenvalue weighted by Gasteiger charge is 2.39. The summed E-state index contributed by atoms with van der Waals surface area (Å²) < 4.78 is 5.76. The Bertz CT molecular complexity index is 225. The highest BCUT2D eigenvalue weighted by atomic mass is 16.6. The van der Waals surface area contributed by atoms with E-state index in [4.69, 9.17) is 4.74 Å². The summed E-state index contributed by atoms with van der Waals surface area (Å²) in [5.74, 6) is -0.0197. The molecule has 0 aromatic rings. The molecule has 0 atom stereocenters. The van der Waals surface area contributed by atoms with Gasteiger partial charge in [-0.3, -0.25) is 4.79 Å². The van der Waals surface area contributed by atoms with E-state index in [1.165, 1.54) is 12.8 Å². The number of esters is 1. The number of hydrogen-bond donors (Lipinski definition) is 0. The van der Waals surface area contributed by atoms with Gasteiger partial charge in [-0.15, -0.1) is 0 Å². The molecule has 17 heavy (non-hydrogen) atoms. The lowest BCUT2D eigenvalue weighted by molar-refractivity contribution is -0.170. The predicted octanol–water partition coefficient (Wildman–Crippen LogP) is 4.71. The average Bonchev–Trinajstić information content (AvgIpc) is 2.81. The zero-order chi connectivity index (χ0) is 13.5. The number of hydrogen-bond acceptors (Lipinski definition) is 2. The molecule has 0 amide bonds. The fourth-order valence-electron chi connectivity index (χ4n) is 2.03. The van der Waals surface area contributed by atoms with Crippen molar-refractivity contribution < 1.29 is 9.53 Å². The second-order valence-electron chi connectivity index (χ2n) is 5.37. The van der Waals surface area contributed by atoms with Gasteiger partial charge in [-0.1, -0.05) is 27.7 Å². The van der Waals surface area contributed by atoms with Crippen LogP contribution < -0.4 is 0 Å². The molecule has 0 aliphatic heterocycles. The minimum atomic E-state index is -0.329. The number of carbonyl (C=O) groups is 1. The predicted molar refractivity (Wildman–Crippen MR) is 73.0 cm³/mol. The van der Waals surface area contributed by atoms with Crippen LogP contribution in [0, 0.1) is 5.41 Å². The smallest absolute Gasteiger partial charge is 0.312 e. The van der Waals surface area contributed by atoms with Gasteiger partial charge in [0.05, 0.1) is 5.41 Å². The van der Waals surface area contributed by atoms with E-state index in [0.717, 1.165) is 25.7 Å². The first-order valence-electron chi connectivity index (χ1n) is 7.19. The van der Waals surface area contributed by atoms with Gasteiger partial charge in [0.1, 0.15) is 5.60 Å². The molecule has 0 radical (unpaired) electrons. The van der Waals surface area contributed by atoms with E-state index in [0.29, 0.717) is 0 Å². The van der Waals surface area contributed by atoms with Gasteiger partial charge in [-0.05, 0) is 52.4 Å². The van der Waals surface area contributed by atoms with Crippen molar-refractivity contribution in [3.63, 3.8) is 0 Å². The zero-order valence-corrected chi connectivity index (χ0v) is 12.6. The lowest BCUT2D eigenvalue weighted by Crippen LogP contribution is -2.37. The second-order valence-corrected chi connectivity index (χ2v) is 5.37. The van der Waals surface area contributed by atoms with E-state index in [1.54, 1.807) is 0 Å². The minimum Gasteiger partial charge on any atom is -0.459 e. The Labute approximate surface area is 107 Å². The van der Waals surface area contributed by atoms with Crippen molar-refractivity contribution in [2.45, 2.75) is 85.7 Å². The molecule has 0 spiro atoms. The van der Waals surface area contributed by atoms with Gasteiger partial charge in [0.15, 0.2) is 0 Å². The van der Waals surface area contributed by atoms with Crippen LogP contribution in [0.2, 0.25) is 0 Å². The number of carbonyl (C=O) groups excluding carboxylic acids is 1. The molecule has 0 heterocycles. The Morgan fingerprint density at radius 3 is 2.00 bits per heavy atom. The second kappa shape index (κ2) is 7.03. The molecule has 2 nitrogen and oxygen atoms in total. The molecular formula is C15H30O2. The molecule has 1 aliphatic carbocycles. The van der Waals surface area contributed by atoms with Crippen molar-refractivity contribution in [3.8, 4) is 0 Å². The maximum absolute atomic E-state index is 12.0. The summed E-state index contributed by atoms with van der Waals surface area (Å²) in [5.41, 5.74) is -0.464. The molecule has 0 bridgehead atoms. The highest BCUT2D eigenvalue weighted by Crippen LogP contribution is 2.38. The molecule has 102 valence electrons. The first-order valence-corrected chi connectivity index (χ1v) is 7.19. The normalized spacial score (nSPS) is 18.2. The third-order valence-corrected chi connectivity index (χ3v) is 3.90. The molecule has 0 aromatic carbocycles. The summed E-state index contributed by atoms with van der Waals surface area (Å²) >= 11 is 0. The molecule has 1 fully saturated rings. The van der Waals surface area contributed by atoms with Crippen LogP contribution in [-0.2, 0) is 9.53 Å². The highest BCUT2D eigenvalue weighted by molar-refractivity contribution is 5.76.